The summed E-state index contributed by atoms with van der Waals surface area (Å²) in [5.74, 6) is -12.8. The highest BCUT2D eigenvalue weighted by molar-refractivity contribution is 5.25. The maximum absolute atomic E-state index is 12.8. The number of aliphatic hydroxyl groups excluding tert-OH is 1. The molecule has 0 spiro atoms. The zero-order valence-electron chi connectivity index (χ0n) is 7.00. The lowest BCUT2D eigenvalue weighted by atomic mass is 10.1. The topological polar surface area (TPSA) is 20.2 Å². The van der Waals surface area contributed by atoms with Gasteiger partial charge in [0.25, 0.3) is 5.92 Å². The maximum Gasteiger partial charge on any atom is 0.298 e. The molecule has 0 saturated heterocycles. The number of aliphatic hydroxyl groups is 1. The summed E-state index contributed by atoms with van der Waals surface area (Å²) in [4.78, 5) is 0. The van der Waals surface area contributed by atoms with Gasteiger partial charge in [-0.05, 0) is 6.07 Å². The standard InChI is InChI=1S/C8H4F6O/c9-4-1-3(8(13,14)2-15)5(10)7(12)6(4)11/h1,15H,2H2. The molecule has 0 heterocycles. The van der Waals surface area contributed by atoms with Gasteiger partial charge < -0.3 is 5.11 Å². The van der Waals surface area contributed by atoms with Crippen LogP contribution in [-0.4, -0.2) is 11.7 Å². The Labute approximate surface area is 79.9 Å². The normalized spacial score (nSPS) is 11.9. The second-order valence-corrected chi connectivity index (χ2v) is 2.71. The van der Waals surface area contributed by atoms with Crippen molar-refractivity contribution in [2.24, 2.45) is 0 Å². The quantitative estimate of drug-likeness (QED) is 0.469. The first-order valence-electron chi connectivity index (χ1n) is 3.63. The summed E-state index contributed by atoms with van der Waals surface area (Å²) >= 11 is 0. The van der Waals surface area contributed by atoms with Crippen LogP contribution < -0.4 is 0 Å². The van der Waals surface area contributed by atoms with E-state index in [-0.39, 0.29) is 6.07 Å². The first-order chi connectivity index (χ1) is 6.81. The third-order valence-corrected chi connectivity index (χ3v) is 1.70. The van der Waals surface area contributed by atoms with Gasteiger partial charge in [0.1, 0.15) is 6.61 Å². The number of benzene rings is 1. The molecular weight excluding hydrogens is 226 g/mol. The molecule has 0 saturated carbocycles. The SMILES string of the molecule is OCC(F)(F)c1cc(F)c(F)c(F)c1F. The molecule has 0 unspecified atom stereocenters. The lowest BCUT2D eigenvalue weighted by Gasteiger charge is -2.14. The van der Waals surface area contributed by atoms with Crippen LogP contribution in [0, 0.1) is 23.3 Å². The molecule has 1 N–H and O–H groups in total. The predicted molar refractivity (Wildman–Crippen MR) is 37.3 cm³/mol. The van der Waals surface area contributed by atoms with Gasteiger partial charge in [-0.1, -0.05) is 0 Å². The van der Waals surface area contributed by atoms with Crippen LogP contribution in [0.2, 0.25) is 0 Å². The highest BCUT2D eigenvalue weighted by atomic mass is 19.3. The number of halogens is 6. The van der Waals surface area contributed by atoms with E-state index in [1.54, 1.807) is 0 Å². The maximum atomic E-state index is 12.8. The van der Waals surface area contributed by atoms with Crippen molar-refractivity contribution >= 4 is 0 Å². The second-order valence-electron chi connectivity index (χ2n) is 2.71. The Kier molecular flexibility index (Phi) is 2.94. The van der Waals surface area contributed by atoms with E-state index in [1.807, 2.05) is 0 Å². The summed E-state index contributed by atoms with van der Waals surface area (Å²) in [5, 5.41) is 8.17. The summed E-state index contributed by atoms with van der Waals surface area (Å²) in [6, 6.07) is -0.191. The van der Waals surface area contributed by atoms with Crippen molar-refractivity contribution in [3.8, 4) is 0 Å². The molecule has 0 aliphatic heterocycles. The van der Waals surface area contributed by atoms with E-state index < -0.39 is 41.4 Å². The molecule has 0 bridgehead atoms. The van der Waals surface area contributed by atoms with E-state index in [4.69, 9.17) is 5.11 Å². The van der Waals surface area contributed by atoms with Crippen molar-refractivity contribution < 1.29 is 31.4 Å². The van der Waals surface area contributed by atoms with Crippen LogP contribution in [0.5, 0.6) is 0 Å². The molecule has 1 nitrogen and oxygen atoms in total. The smallest absolute Gasteiger partial charge is 0.298 e. The monoisotopic (exact) mass is 230 g/mol. The molecule has 1 rings (SSSR count). The molecule has 15 heavy (non-hydrogen) atoms. The van der Waals surface area contributed by atoms with E-state index in [2.05, 4.69) is 0 Å². The summed E-state index contributed by atoms with van der Waals surface area (Å²) in [6.07, 6.45) is 0. The molecule has 0 fully saturated rings. The van der Waals surface area contributed by atoms with Crippen LogP contribution in [0.25, 0.3) is 0 Å². The van der Waals surface area contributed by atoms with E-state index in [0.717, 1.165) is 0 Å². The van der Waals surface area contributed by atoms with E-state index >= 15 is 0 Å². The largest absolute Gasteiger partial charge is 0.390 e. The fourth-order valence-electron chi connectivity index (χ4n) is 0.924. The summed E-state index contributed by atoms with van der Waals surface area (Å²) in [6.45, 7) is -1.84. The molecular formula is C8H4F6O. The first kappa shape index (κ1) is 11.8. The molecule has 0 atom stereocenters. The van der Waals surface area contributed by atoms with Gasteiger partial charge in [-0.25, -0.2) is 17.6 Å². The summed E-state index contributed by atoms with van der Waals surface area (Å²) < 4.78 is 75.5. The van der Waals surface area contributed by atoms with Gasteiger partial charge in [0.15, 0.2) is 23.3 Å². The Bertz CT molecular complexity index is 389. The van der Waals surface area contributed by atoms with Gasteiger partial charge in [-0.3, -0.25) is 0 Å². The first-order valence-corrected chi connectivity index (χ1v) is 3.63. The van der Waals surface area contributed by atoms with Crippen LogP contribution >= 0.6 is 0 Å². The van der Waals surface area contributed by atoms with Crippen LogP contribution in [0.1, 0.15) is 5.56 Å². The van der Waals surface area contributed by atoms with E-state index in [0.29, 0.717) is 0 Å². The molecule has 84 valence electrons. The highest BCUT2D eigenvalue weighted by Gasteiger charge is 2.37. The highest BCUT2D eigenvalue weighted by Crippen LogP contribution is 2.32. The zero-order valence-corrected chi connectivity index (χ0v) is 7.00. The molecule has 0 amide bonds. The van der Waals surface area contributed by atoms with Gasteiger partial charge in [0, 0.05) is 0 Å². The molecule has 0 radical (unpaired) electrons. The number of alkyl halides is 2. The van der Waals surface area contributed by atoms with Gasteiger partial charge >= 0.3 is 0 Å². The Hall–Kier alpha value is -1.24. The van der Waals surface area contributed by atoms with Crippen LogP contribution in [0.3, 0.4) is 0 Å². The van der Waals surface area contributed by atoms with Gasteiger partial charge in [-0.15, -0.1) is 0 Å². The van der Waals surface area contributed by atoms with Gasteiger partial charge in [0.2, 0.25) is 0 Å². The minimum absolute atomic E-state index is 0.191. The summed E-state index contributed by atoms with van der Waals surface area (Å²) in [5.41, 5.74) is -1.72. The Morgan fingerprint density at radius 2 is 1.53 bits per heavy atom. The van der Waals surface area contributed by atoms with Crippen molar-refractivity contribution in [2.45, 2.75) is 5.92 Å². The molecule has 1 aromatic rings. The third kappa shape index (κ3) is 1.92. The minimum atomic E-state index is -4.17. The lowest BCUT2D eigenvalue weighted by molar-refractivity contribution is -0.0591. The average Bonchev–Trinajstić information content (AvgIpc) is 2.20. The molecule has 0 aliphatic rings. The molecule has 7 heteroatoms. The van der Waals surface area contributed by atoms with Gasteiger partial charge in [-0.2, -0.15) is 8.78 Å². The second kappa shape index (κ2) is 3.73. The Morgan fingerprint density at radius 1 is 1.00 bits per heavy atom. The minimum Gasteiger partial charge on any atom is -0.390 e. The summed E-state index contributed by atoms with van der Waals surface area (Å²) in [7, 11) is 0. The molecule has 0 aromatic heterocycles. The fraction of sp³-hybridized carbons (Fsp3) is 0.250. The van der Waals surface area contributed by atoms with Gasteiger partial charge in [0.05, 0.1) is 5.56 Å². The number of hydrogen-bond donors (Lipinski definition) is 1. The van der Waals surface area contributed by atoms with Crippen molar-refractivity contribution in [3.05, 3.63) is 34.9 Å². The number of hydrogen-bond acceptors (Lipinski definition) is 1. The third-order valence-electron chi connectivity index (χ3n) is 1.70. The Morgan fingerprint density at radius 3 is 2.00 bits per heavy atom. The van der Waals surface area contributed by atoms with Crippen molar-refractivity contribution in [1.82, 2.24) is 0 Å². The van der Waals surface area contributed by atoms with E-state index in [1.165, 1.54) is 0 Å². The van der Waals surface area contributed by atoms with Crippen molar-refractivity contribution in [3.63, 3.8) is 0 Å². The lowest BCUT2D eigenvalue weighted by Crippen LogP contribution is -2.22. The van der Waals surface area contributed by atoms with Crippen LogP contribution in [-0.2, 0) is 5.92 Å². The average molecular weight is 230 g/mol. The van der Waals surface area contributed by atoms with Crippen molar-refractivity contribution in [2.75, 3.05) is 6.61 Å². The van der Waals surface area contributed by atoms with Crippen LogP contribution in [0.15, 0.2) is 6.07 Å². The predicted octanol–water partition coefficient (Wildman–Crippen LogP) is 2.33. The number of rotatable bonds is 2. The van der Waals surface area contributed by atoms with Crippen molar-refractivity contribution in [1.29, 1.82) is 0 Å². The molecule has 1 aromatic carbocycles. The van der Waals surface area contributed by atoms with E-state index in [9.17, 15) is 26.3 Å². The fourth-order valence-corrected chi connectivity index (χ4v) is 0.924. The van der Waals surface area contributed by atoms with Crippen LogP contribution in [0.4, 0.5) is 26.3 Å². The zero-order chi connectivity index (χ0) is 11.8. The Balaban J connectivity index is 3.45. The molecule has 0 aliphatic carbocycles.